The van der Waals surface area contributed by atoms with Gasteiger partial charge in [0.15, 0.2) is 5.78 Å². The maximum atomic E-state index is 13.2. The average molecular weight is 285 g/mol. The van der Waals surface area contributed by atoms with Gasteiger partial charge in [0.05, 0.1) is 6.54 Å². The molecule has 2 aromatic rings. The number of carbonyl (C=O) groups is 1. The molecule has 0 aliphatic rings. The molecule has 0 saturated heterocycles. The van der Waals surface area contributed by atoms with Gasteiger partial charge < -0.3 is 4.90 Å². The summed E-state index contributed by atoms with van der Waals surface area (Å²) in [5.74, 6) is 0.175. The van der Waals surface area contributed by atoms with Crippen LogP contribution in [0.1, 0.15) is 35.7 Å². The standard InChI is InChI=1S/C18H20FNO/c1-13(2)14-7-9-15(10-8-14)18(21)12-20(3)17-6-4-5-16(19)11-17/h4-11,13H,12H2,1-3H3. The van der Waals surface area contributed by atoms with Gasteiger partial charge in [-0.15, -0.1) is 0 Å². The summed E-state index contributed by atoms with van der Waals surface area (Å²) in [6.45, 7) is 4.47. The fraction of sp³-hybridized carbons (Fsp3) is 0.278. The second kappa shape index (κ2) is 6.53. The fourth-order valence-electron chi connectivity index (χ4n) is 2.17. The zero-order chi connectivity index (χ0) is 15.4. The van der Waals surface area contributed by atoms with Gasteiger partial charge in [0, 0.05) is 18.3 Å². The van der Waals surface area contributed by atoms with Crippen molar-refractivity contribution in [1.82, 2.24) is 0 Å². The number of likely N-dealkylation sites (N-methyl/N-ethyl adjacent to an activating group) is 1. The predicted molar refractivity (Wildman–Crippen MR) is 84.5 cm³/mol. The molecule has 0 aliphatic heterocycles. The number of hydrogen-bond acceptors (Lipinski definition) is 2. The highest BCUT2D eigenvalue weighted by molar-refractivity contribution is 5.99. The van der Waals surface area contributed by atoms with Gasteiger partial charge in [-0.25, -0.2) is 4.39 Å². The average Bonchev–Trinajstić information content (AvgIpc) is 2.47. The third kappa shape index (κ3) is 3.91. The third-order valence-corrected chi connectivity index (χ3v) is 3.53. The molecule has 2 rings (SSSR count). The van der Waals surface area contributed by atoms with Crippen molar-refractivity contribution in [3.8, 4) is 0 Å². The van der Waals surface area contributed by atoms with E-state index in [1.165, 1.54) is 17.7 Å². The number of benzene rings is 2. The van der Waals surface area contributed by atoms with Gasteiger partial charge in [-0.1, -0.05) is 44.2 Å². The van der Waals surface area contributed by atoms with Crippen LogP contribution < -0.4 is 4.90 Å². The number of Topliss-reactive ketones (excluding diaryl/α,β-unsaturated/α-hetero) is 1. The molecule has 0 saturated carbocycles. The Hall–Kier alpha value is -2.16. The van der Waals surface area contributed by atoms with Gasteiger partial charge in [0.1, 0.15) is 5.82 Å². The number of halogens is 1. The molecule has 0 spiro atoms. The first-order chi connectivity index (χ1) is 9.97. The molecular formula is C18H20FNO. The van der Waals surface area contributed by atoms with Crippen molar-refractivity contribution in [2.45, 2.75) is 19.8 Å². The molecule has 3 heteroatoms. The maximum Gasteiger partial charge on any atom is 0.182 e. The molecule has 21 heavy (non-hydrogen) atoms. The van der Waals surface area contributed by atoms with Crippen molar-refractivity contribution in [3.05, 3.63) is 65.5 Å². The summed E-state index contributed by atoms with van der Waals surface area (Å²) in [4.78, 5) is 14.0. The van der Waals surface area contributed by atoms with Crippen molar-refractivity contribution in [2.75, 3.05) is 18.5 Å². The smallest absolute Gasteiger partial charge is 0.182 e. The number of rotatable bonds is 5. The van der Waals surface area contributed by atoms with Crippen LogP contribution >= 0.6 is 0 Å². The Labute approximate surface area is 125 Å². The number of nitrogens with zero attached hydrogens (tertiary/aromatic N) is 1. The zero-order valence-electron chi connectivity index (χ0n) is 12.6. The second-order valence-electron chi connectivity index (χ2n) is 5.54. The van der Waals surface area contributed by atoms with Gasteiger partial charge >= 0.3 is 0 Å². The summed E-state index contributed by atoms with van der Waals surface area (Å²) in [7, 11) is 1.79. The van der Waals surface area contributed by atoms with Gasteiger partial charge in [0.2, 0.25) is 0 Å². The van der Waals surface area contributed by atoms with E-state index >= 15 is 0 Å². The Morgan fingerprint density at radius 1 is 1.14 bits per heavy atom. The van der Waals surface area contributed by atoms with Crippen LogP contribution in [0.5, 0.6) is 0 Å². The van der Waals surface area contributed by atoms with Gasteiger partial charge in [0.25, 0.3) is 0 Å². The molecule has 0 bridgehead atoms. The molecule has 0 radical (unpaired) electrons. The number of ketones is 1. The number of hydrogen-bond donors (Lipinski definition) is 0. The monoisotopic (exact) mass is 285 g/mol. The van der Waals surface area contributed by atoms with Crippen LogP contribution in [0.3, 0.4) is 0 Å². The highest BCUT2D eigenvalue weighted by atomic mass is 19.1. The predicted octanol–water partition coefficient (Wildman–Crippen LogP) is 4.27. The minimum Gasteiger partial charge on any atom is -0.367 e. The number of anilines is 1. The first-order valence-electron chi connectivity index (χ1n) is 7.07. The van der Waals surface area contributed by atoms with E-state index in [1.54, 1.807) is 24.1 Å². The van der Waals surface area contributed by atoms with Crippen molar-refractivity contribution >= 4 is 11.5 Å². The molecule has 0 atom stereocenters. The van der Waals surface area contributed by atoms with E-state index < -0.39 is 0 Å². The van der Waals surface area contributed by atoms with Crippen LogP contribution in [0.4, 0.5) is 10.1 Å². The van der Waals surface area contributed by atoms with E-state index in [-0.39, 0.29) is 18.1 Å². The summed E-state index contributed by atoms with van der Waals surface area (Å²) >= 11 is 0. The normalized spacial score (nSPS) is 10.7. The van der Waals surface area contributed by atoms with E-state index in [0.717, 1.165) is 0 Å². The molecule has 0 unspecified atom stereocenters. The summed E-state index contributed by atoms with van der Waals surface area (Å²) in [6, 6.07) is 13.9. The van der Waals surface area contributed by atoms with E-state index in [0.29, 0.717) is 17.2 Å². The Morgan fingerprint density at radius 3 is 2.38 bits per heavy atom. The SMILES string of the molecule is CC(C)c1ccc(C(=O)CN(C)c2cccc(F)c2)cc1. The van der Waals surface area contributed by atoms with Gasteiger partial charge in [-0.2, -0.15) is 0 Å². The first-order valence-corrected chi connectivity index (χ1v) is 7.07. The Kier molecular flexibility index (Phi) is 4.73. The van der Waals surface area contributed by atoms with Crippen LogP contribution in [0, 0.1) is 5.82 Å². The lowest BCUT2D eigenvalue weighted by Gasteiger charge is -2.18. The highest BCUT2D eigenvalue weighted by Crippen LogP contribution is 2.17. The third-order valence-electron chi connectivity index (χ3n) is 3.53. The molecule has 0 amide bonds. The molecule has 0 N–H and O–H groups in total. The Balaban J connectivity index is 2.07. The molecule has 0 aromatic heterocycles. The van der Waals surface area contributed by atoms with E-state index in [2.05, 4.69) is 13.8 Å². The van der Waals surface area contributed by atoms with Crippen molar-refractivity contribution in [2.24, 2.45) is 0 Å². The topological polar surface area (TPSA) is 20.3 Å². The molecule has 2 aromatic carbocycles. The van der Waals surface area contributed by atoms with Crippen molar-refractivity contribution in [3.63, 3.8) is 0 Å². The lowest BCUT2D eigenvalue weighted by atomic mass is 10.0. The summed E-state index contributed by atoms with van der Waals surface area (Å²) in [5.41, 5.74) is 2.59. The highest BCUT2D eigenvalue weighted by Gasteiger charge is 2.11. The molecule has 0 heterocycles. The van der Waals surface area contributed by atoms with Gasteiger partial charge in [-0.05, 0) is 29.7 Å². The van der Waals surface area contributed by atoms with Crippen LogP contribution in [0.25, 0.3) is 0 Å². The zero-order valence-corrected chi connectivity index (χ0v) is 12.6. The van der Waals surface area contributed by atoms with Gasteiger partial charge in [-0.3, -0.25) is 4.79 Å². The first kappa shape index (κ1) is 15.2. The van der Waals surface area contributed by atoms with Crippen LogP contribution in [0.2, 0.25) is 0 Å². The lowest BCUT2D eigenvalue weighted by Crippen LogP contribution is -2.25. The quantitative estimate of drug-likeness (QED) is 0.765. The maximum absolute atomic E-state index is 13.2. The molecular weight excluding hydrogens is 265 g/mol. The van der Waals surface area contributed by atoms with E-state index in [4.69, 9.17) is 0 Å². The van der Waals surface area contributed by atoms with E-state index in [9.17, 15) is 9.18 Å². The van der Waals surface area contributed by atoms with Crippen LogP contribution in [-0.2, 0) is 0 Å². The largest absolute Gasteiger partial charge is 0.367 e. The Bertz CT molecular complexity index is 619. The number of carbonyl (C=O) groups excluding carboxylic acids is 1. The molecule has 0 aliphatic carbocycles. The molecule has 110 valence electrons. The summed E-state index contributed by atoms with van der Waals surface area (Å²) in [6.07, 6.45) is 0. The summed E-state index contributed by atoms with van der Waals surface area (Å²) < 4.78 is 13.2. The molecule has 2 nitrogen and oxygen atoms in total. The Morgan fingerprint density at radius 2 is 1.81 bits per heavy atom. The minimum atomic E-state index is -0.298. The second-order valence-corrected chi connectivity index (χ2v) is 5.54. The van der Waals surface area contributed by atoms with Crippen LogP contribution in [0.15, 0.2) is 48.5 Å². The van der Waals surface area contributed by atoms with E-state index in [1.807, 2.05) is 24.3 Å². The molecule has 0 fully saturated rings. The minimum absolute atomic E-state index is 0.0251. The lowest BCUT2D eigenvalue weighted by molar-refractivity contribution is 0.100. The van der Waals surface area contributed by atoms with Crippen molar-refractivity contribution < 1.29 is 9.18 Å². The van der Waals surface area contributed by atoms with Crippen molar-refractivity contribution in [1.29, 1.82) is 0 Å². The fourth-order valence-corrected chi connectivity index (χ4v) is 2.17. The summed E-state index contributed by atoms with van der Waals surface area (Å²) in [5, 5.41) is 0. The van der Waals surface area contributed by atoms with Crippen LogP contribution in [-0.4, -0.2) is 19.4 Å².